The number of hydrogen-bond acceptors (Lipinski definition) is 4. The van der Waals surface area contributed by atoms with Gasteiger partial charge in [-0.1, -0.05) is 0 Å². The van der Waals surface area contributed by atoms with E-state index in [0.29, 0.717) is 0 Å². The quantitative estimate of drug-likeness (QED) is 0.334. The molecule has 0 aromatic heterocycles. The second-order valence-corrected chi connectivity index (χ2v) is 0.575. The van der Waals surface area contributed by atoms with Crippen LogP contribution in [0.15, 0.2) is 0 Å². The van der Waals surface area contributed by atoms with E-state index in [4.69, 9.17) is 19.8 Å². The van der Waals surface area contributed by atoms with Crippen molar-refractivity contribution in [1.82, 2.24) is 0 Å². The Kier molecular flexibility index (Phi) is 14.4. The number of carboxylic acids is 2. The van der Waals surface area contributed by atoms with Gasteiger partial charge in [-0.05, 0) is 0 Å². The molecule has 44 valence electrons. The van der Waals surface area contributed by atoms with E-state index in [1.165, 1.54) is 0 Å². The normalized spacial score (nSPS) is 5.50. The Morgan fingerprint density at radius 3 is 1.12 bits per heavy atom. The van der Waals surface area contributed by atoms with Crippen molar-refractivity contribution in [2.75, 3.05) is 0 Å². The molecular formula is C2AgO4Zn+. The fourth-order valence-corrected chi connectivity index (χ4v) is 0. The van der Waals surface area contributed by atoms with E-state index in [2.05, 4.69) is 0 Å². The molecule has 0 saturated carbocycles. The molecular weight excluding hydrogens is 261 g/mol. The first kappa shape index (κ1) is 15.7. The molecule has 0 heterocycles. The number of rotatable bonds is 0. The van der Waals surface area contributed by atoms with Crippen LogP contribution >= 0.6 is 0 Å². The molecule has 0 rings (SSSR count). The van der Waals surface area contributed by atoms with Gasteiger partial charge in [0.25, 0.3) is 0 Å². The molecule has 0 radical (unpaired) electrons. The van der Waals surface area contributed by atoms with Crippen molar-refractivity contribution in [1.29, 1.82) is 0 Å². The molecule has 0 aromatic rings. The largest absolute Gasteiger partial charge is 2.00 e. The average Bonchev–Trinajstić information content (AvgIpc) is 1.36. The molecule has 0 unspecified atom stereocenters. The molecule has 0 aliphatic heterocycles. The van der Waals surface area contributed by atoms with Crippen molar-refractivity contribution >= 4 is 11.9 Å². The summed E-state index contributed by atoms with van der Waals surface area (Å²) in [6.07, 6.45) is 0. The van der Waals surface area contributed by atoms with Gasteiger partial charge in [-0.25, -0.2) is 0 Å². The summed E-state index contributed by atoms with van der Waals surface area (Å²) in [5.74, 6) is -4.37. The van der Waals surface area contributed by atoms with Crippen LogP contribution in [0.3, 0.4) is 0 Å². The summed E-state index contributed by atoms with van der Waals surface area (Å²) in [6.45, 7) is 0. The average molecular weight is 261 g/mol. The maximum absolute atomic E-state index is 8.93. The van der Waals surface area contributed by atoms with Gasteiger partial charge >= 0.3 is 41.9 Å². The van der Waals surface area contributed by atoms with Crippen molar-refractivity contribution in [2.45, 2.75) is 0 Å². The SMILES string of the molecule is O=C([O-])C(=O)[O-].[Ag+].[Zn+2]. The third kappa shape index (κ3) is 9.57. The van der Waals surface area contributed by atoms with Crippen molar-refractivity contribution in [3.8, 4) is 0 Å². The topological polar surface area (TPSA) is 80.3 Å². The zero-order valence-corrected chi connectivity index (χ0v) is 8.09. The van der Waals surface area contributed by atoms with Crippen molar-refractivity contribution in [2.24, 2.45) is 0 Å². The Morgan fingerprint density at radius 1 is 1.00 bits per heavy atom. The van der Waals surface area contributed by atoms with E-state index in [0.717, 1.165) is 0 Å². The van der Waals surface area contributed by atoms with Gasteiger partial charge in [0.2, 0.25) is 0 Å². The summed E-state index contributed by atoms with van der Waals surface area (Å²) in [6, 6.07) is 0. The standard InChI is InChI=1S/C2H2O4.Ag.Zn/c3-1(4)2(5)6;;/h(H,3,4)(H,5,6);;/q;+1;+2/p-2. The van der Waals surface area contributed by atoms with Crippen LogP contribution < -0.4 is 10.2 Å². The predicted molar refractivity (Wildman–Crippen MR) is 10.0 cm³/mol. The van der Waals surface area contributed by atoms with Gasteiger partial charge in [-0.2, -0.15) is 0 Å². The molecule has 0 aliphatic rings. The monoisotopic (exact) mass is 259 g/mol. The smallest absolute Gasteiger partial charge is 0.543 e. The summed E-state index contributed by atoms with van der Waals surface area (Å²) in [5, 5.41) is 17.9. The van der Waals surface area contributed by atoms with Gasteiger partial charge in [-0.15, -0.1) is 0 Å². The van der Waals surface area contributed by atoms with E-state index in [9.17, 15) is 0 Å². The fraction of sp³-hybridized carbons (Fsp3) is 0. The van der Waals surface area contributed by atoms with Crippen LogP contribution in [0, 0.1) is 0 Å². The van der Waals surface area contributed by atoms with Crippen LogP contribution in [0.1, 0.15) is 0 Å². The maximum Gasteiger partial charge on any atom is 2.00 e. The minimum absolute atomic E-state index is 0. The summed E-state index contributed by atoms with van der Waals surface area (Å²) in [7, 11) is 0. The zero-order chi connectivity index (χ0) is 5.15. The number of hydrogen-bond donors (Lipinski definition) is 0. The molecule has 0 bridgehead atoms. The molecule has 0 atom stereocenters. The minimum atomic E-state index is -2.19. The first-order valence-corrected chi connectivity index (χ1v) is 1.07. The molecule has 0 N–H and O–H groups in total. The van der Waals surface area contributed by atoms with Gasteiger partial charge in [0, 0.05) is 0 Å². The Bertz CT molecular complexity index is 80.0. The summed E-state index contributed by atoms with van der Waals surface area (Å²) >= 11 is 0. The van der Waals surface area contributed by atoms with Crippen molar-refractivity contribution in [3.63, 3.8) is 0 Å². The zero-order valence-electron chi connectivity index (χ0n) is 3.64. The molecule has 0 spiro atoms. The fourth-order valence-electron chi connectivity index (χ4n) is 0. The van der Waals surface area contributed by atoms with Crippen molar-refractivity contribution < 1.29 is 61.7 Å². The van der Waals surface area contributed by atoms with E-state index < -0.39 is 11.9 Å². The summed E-state index contributed by atoms with van der Waals surface area (Å²) in [5.41, 5.74) is 0. The van der Waals surface area contributed by atoms with Crippen LogP contribution in [0.2, 0.25) is 0 Å². The molecule has 0 amide bonds. The van der Waals surface area contributed by atoms with Gasteiger partial charge < -0.3 is 19.8 Å². The summed E-state index contributed by atoms with van der Waals surface area (Å²) < 4.78 is 0. The van der Waals surface area contributed by atoms with E-state index in [1.807, 2.05) is 0 Å². The number of carboxylic acid groups (broad SMARTS) is 2. The Morgan fingerprint density at radius 2 is 1.12 bits per heavy atom. The molecule has 4 nitrogen and oxygen atoms in total. The Balaban J connectivity index is -0.000000125. The van der Waals surface area contributed by atoms with Crippen LogP contribution in [0.5, 0.6) is 0 Å². The third-order valence-corrected chi connectivity index (χ3v) is 0.167. The van der Waals surface area contributed by atoms with Crippen LogP contribution in [-0.2, 0) is 51.4 Å². The van der Waals surface area contributed by atoms with Gasteiger partial charge in [0.1, 0.15) is 0 Å². The van der Waals surface area contributed by atoms with Crippen LogP contribution in [0.4, 0.5) is 0 Å². The number of carbonyl (C=O) groups is 2. The summed E-state index contributed by atoms with van der Waals surface area (Å²) in [4.78, 5) is 17.9. The van der Waals surface area contributed by atoms with Gasteiger partial charge in [0.05, 0.1) is 11.9 Å². The second kappa shape index (κ2) is 7.30. The van der Waals surface area contributed by atoms with Crippen LogP contribution in [-0.4, -0.2) is 11.9 Å². The molecule has 0 saturated heterocycles. The first-order valence-electron chi connectivity index (χ1n) is 1.07. The first-order chi connectivity index (χ1) is 2.64. The minimum Gasteiger partial charge on any atom is -0.543 e. The maximum atomic E-state index is 8.93. The number of aliphatic carboxylic acids is 2. The van der Waals surface area contributed by atoms with Gasteiger partial charge in [-0.3, -0.25) is 0 Å². The van der Waals surface area contributed by atoms with Gasteiger partial charge in [0.15, 0.2) is 0 Å². The molecule has 0 aromatic carbocycles. The predicted octanol–water partition coefficient (Wildman–Crippen LogP) is -3.52. The molecule has 0 fully saturated rings. The van der Waals surface area contributed by atoms with E-state index >= 15 is 0 Å². The van der Waals surface area contributed by atoms with E-state index in [-0.39, 0.29) is 41.9 Å². The van der Waals surface area contributed by atoms with Crippen molar-refractivity contribution in [3.05, 3.63) is 0 Å². The Labute approximate surface area is 73.5 Å². The molecule has 6 heteroatoms. The number of carbonyl (C=O) groups excluding carboxylic acids is 2. The second-order valence-electron chi connectivity index (χ2n) is 0.575. The molecule has 0 aliphatic carbocycles. The van der Waals surface area contributed by atoms with Crippen LogP contribution in [0.25, 0.3) is 0 Å². The van der Waals surface area contributed by atoms with E-state index in [1.54, 1.807) is 0 Å². The third-order valence-electron chi connectivity index (χ3n) is 0.167. The Hall–Kier alpha value is 0.304. The molecule has 8 heavy (non-hydrogen) atoms.